The van der Waals surface area contributed by atoms with Crippen molar-refractivity contribution in [3.8, 4) is 0 Å². The Kier molecular flexibility index (Phi) is 5.27. The zero-order valence-corrected chi connectivity index (χ0v) is 16.8. The normalized spacial score (nSPS) is 12.9. The fourth-order valence-electron chi connectivity index (χ4n) is 3.23. The number of hydrogen-bond donors (Lipinski definition) is 0. The quantitative estimate of drug-likeness (QED) is 0.689. The summed E-state index contributed by atoms with van der Waals surface area (Å²) in [4.78, 5) is 0. The van der Waals surface area contributed by atoms with Crippen molar-refractivity contribution in [1.29, 1.82) is 0 Å². The van der Waals surface area contributed by atoms with E-state index >= 15 is 0 Å². The van der Waals surface area contributed by atoms with Gasteiger partial charge in [0.05, 0.1) is 5.69 Å². The molecular formula is C22H34N2. The van der Waals surface area contributed by atoms with Crippen LogP contribution in [0.4, 0.5) is 0 Å². The molecule has 0 aliphatic rings. The molecule has 2 nitrogen and oxygen atoms in total. The number of aromatic nitrogens is 2. The predicted octanol–water partition coefficient (Wildman–Crippen LogP) is 5.84. The molecule has 132 valence electrons. The molecule has 0 amide bonds. The first kappa shape index (κ1) is 18.8. The van der Waals surface area contributed by atoms with E-state index in [0.29, 0.717) is 6.04 Å². The Bertz CT molecular complexity index is 679. The minimum absolute atomic E-state index is 0.131. The standard InChI is InChI=1S/C22H34N2/c1-16(2)24-15-19(22(6,7)8)20(23-24)14-13-17-11-9-10-12-18(17)21(3,4)5/h9-12,15-16H,13-14H2,1-8H3. The van der Waals surface area contributed by atoms with Gasteiger partial charge in [0.25, 0.3) is 0 Å². The van der Waals surface area contributed by atoms with Gasteiger partial charge in [-0.3, -0.25) is 4.68 Å². The lowest BCUT2D eigenvalue weighted by Gasteiger charge is -2.23. The lowest BCUT2D eigenvalue weighted by atomic mass is 9.81. The van der Waals surface area contributed by atoms with Gasteiger partial charge in [0.15, 0.2) is 0 Å². The molecule has 2 heteroatoms. The fourth-order valence-corrected chi connectivity index (χ4v) is 3.23. The number of rotatable bonds is 4. The summed E-state index contributed by atoms with van der Waals surface area (Å²) in [5.74, 6) is 0. The largest absolute Gasteiger partial charge is 0.270 e. The average Bonchev–Trinajstić information content (AvgIpc) is 2.89. The van der Waals surface area contributed by atoms with Gasteiger partial charge in [-0.1, -0.05) is 65.8 Å². The minimum atomic E-state index is 0.131. The van der Waals surface area contributed by atoms with Gasteiger partial charge in [-0.25, -0.2) is 0 Å². The first-order chi connectivity index (χ1) is 11.0. The highest BCUT2D eigenvalue weighted by Crippen LogP contribution is 2.29. The zero-order chi connectivity index (χ0) is 18.1. The van der Waals surface area contributed by atoms with Gasteiger partial charge in [-0.2, -0.15) is 5.10 Å². The van der Waals surface area contributed by atoms with Gasteiger partial charge in [-0.15, -0.1) is 0 Å². The van der Waals surface area contributed by atoms with Crippen molar-refractivity contribution in [3.05, 3.63) is 52.8 Å². The van der Waals surface area contributed by atoms with Crippen LogP contribution in [0.2, 0.25) is 0 Å². The van der Waals surface area contributed by atoms with Crippen LogP contribution in [0, 0.1) is 0 Å². The van der Waals surface area contributed by atoms with Crippen LogP contribution in [0.1, 0.15) is 83.8 Å². The second-order valence-corrected chi connectivity index (χ2v) is 9.22. The number of nitrogens with zero attached hydrogens (tertiary/aromatic N) is 2. The van der Waals surface area contributed by atoms with E-state index in [4.69, 9.17) is 5.10 Å². The molecule has 0 spiro atoms. The zero-order valence-electron chi connectivity index (χ0n) is 16.8. The minimum Gasteiger partial charge on any atom is -0.270 e. The number of benzene rings is 1. The lowest BCUT2D eigenvalue weighted by molar-refractivity contribution is 0.524. The monoisotopic (exact) mass is 326 g/mol. The highest BCUT2D eigenvalue weighted by molar-refractivity contribution is 5.34. The average molecular weight is 327 g/mol. The van der Waals surface area contributed by atoms with Crippen LogP contribution >= 0.6 is 0 Å². The summed E-state index contributed by atoms with van der Waals surface area (Å²) in [6, 6.07) is 9.26. The van der Waals surface area contributed by atoms with Crippen LogP contribution in [-0.4, -0.2) is 9.78 Å². The summed E-state index contributed by atoms with van der Waals surface area (Å²) in [6.45, 7) is 18.1. The molecule has 1 heterocycles. The van der Waals surface area contributed by atoms with E-state index in [0.717, 1.165) is 12.8 Å². The molecule has 1 aromatic carbocycles. The van der Waals surface area contributed by atoms with Crippen molar-refractivity contribution in [2.45, 2.75) is 85.1 Å². The molecule has 0 aliphatic heterocycles. The molecule has 0 atom stereocenters. The molecule has 0 saturated carbocycles. The van der Waals surface area contributed by atoms with Crippen molar-refractivity contribution in [2.75, 3.05) is 0 Å². The third-order valence-electron chi connectivity index (χ3n) is 4.60. The second kappa shape index (κ2) is 6.74. The highest BCUT2D eigenvalue weighted by atomic mass is 15.3. The van der Waals surface area contributed by atoms with E-state index in [9.17, 15) is 0 Å². The Morgan fingerprint density at radius 2 is 1.46 bits per heavy atom. The van der Waals surface area contributed by atoms with Crippen LogP contribution < -0.4 is 0 Å². The fraction of sp³-hybridized carbons (Fsp3) is 0.591. The maximum absolute atomic E-state index is 4.90. The molecule has 0 N–H and O–H groups in total. The van der Waals surface area contributed by atoms with Gasteiger partial charge < -0.3 is 0 Å². The summed E-state index contributed by atoms with van der Waals surface area (Å²) in [6.07, 6.45) is 4.29. The van der Waals surface area contributed by atoms with E-state index in [1.165, 1.54) is 22.4 Å². The first-order valence-corrected chi connectivity index (χ1v) is 9.17. The second-order valence-electron chi connectivity index (χ2n) is 9.22. The van der Waals surface area contributed by atoms with Crippen molar-refractivity contribution < 1.29 is 0 Å². The van der Waals surface area contributed by atoms with Gasteiger partial charge in [0, 0.05) is 12.2 Å². The van der Waals surface area contributed by atoms with E-state index < -0.39 is 0 Å². The molecule has 2 rings (SSSR count). The highest BCUT2D eigenvalue weighted by Gasteiger charge is 2.23. The Hall–Kier alpha value is -1.57. The molecule has 0 radical (unpaired) electrons. The van der Waals surface area contributed by atoms with Gasteiger partial charge in [0.1, 0.15) is 0 Å². The van der Waals surface area contributed by atoms with Crippen molar-refractivity contribution >= 4 is 0 Å². The number of hydrogen-bond acceptors (Lipinski definition) is 1. The Morgan fingerprint density at radius 1 is 0.875 bits per heavy atom. The third kappa shape index (κ3) is 4.28. The van der Waals surface area contributed by atoms with E-state index in [-0.39, 0.29) is 10.8 Å². The van der Waals surface area contributed by atoms with Gasteiger partial charge in [0.2, 0.25) is 0 Å². The van der Waals surface area contributed by atoms with Crippen LogP contribution in [0.3, 0.4) is 0 Å². The summed E-state index contributed by atoms with van der Waals surface area (Å²) in [7, 11) is 0. The van der Waals surface area contributed by atoms with E-state index in [2.05, 4.69) is 90.5 Å². The first-order valence-electron chi connectivity index (χ1n) is 9.17. The van der Waals surface area contributed by atoms with Crippen LogP contribution in [-0.2, 0) is 23.7 Å². The maximum atomic E-state index is 4.90. The molecule has 0 unspecified atom stereocenters. The summed E-state index contributed by atoms with van der Waals surface area (Å²) in [5.41, 5.74) is 5.84. The van der Waals surface area contributed by atoms with E-state index in [1.54, 1.807) is 0 Å². The van der Waals surface area contributed by atoms with Crippen LogP contribution in [0.15, 0.2) is 30.5 Å². The Morgan fingerprint density at radius 3 is 2.00 bits per heavy atom. The molecular weight excluding hydrogens is 292 g/mol. The summed E-state index contributed by atoms with van der Waals surface area (Å²) in [5, 5.41) is 4.90. The Labute approximate surface area is 148 Å². The molecule has 0 aliphatic carbocycles. The molecule has 0 fully saturated rings. The van der Waals surface area contributed by atoms with Gasteiger partial charge >= 0.3 is 0 Å². The SMILES string of the molecule is CC(C)n1cc(C(C)(C)C)c(CCc2ccccc2C(C)(C)C)n1. The van der Waals surface area contributed by atoms with Crippen molar-refractivity contribution in [3.63, 3.8) is 0 Å². The maximum Gasteiger partial charge on any atom is 0.0665 e. The third-order valence-corrected chi connectivity index (χ3v) is 4.60. The molecule has 0 saturated heterocycles. The predicted molar refractivity (Wildman–Crippen MR) is 104 cm³/mol. The van der Waals surface area contributed by atoms with Crippen LogP contribution in [0.25, 0.3) is 0 Å². The Balaban J connectivity index is 2.30. The topological polar surface area (TPSA) is 17.8 Å². The summed E-state index contributed by atoms with van der Waals surface area (Å²) >= 11 is 0. The molecule has 24 heavy (non-hydrogen) atoms. The number of aryl methyl sites for hydroxylation is 2. The van der Waals surface area contributed by atoms with Crippen molar-refractivity contribution in [1.82, 2.24) is 9.78 Å². The van der Waals surface area contributed by atoms with Gasteiger partial charge in [-0.05, 0) is 54.2 Å². The lowest BCUT2D eigenvalue weighted by Crippen LogP contribution is -2.16. The molecule has 0 bridgehead atoms. The summed E-state index contributed by atoms with van der Waals surface area (Å²) < 4.78 is 2.12. The smallest absolute Gasteiger partial charge is 0.0665 e. The van der Waals surface area contributed by atoms with Crippen LogP contribution in [0.5, 0.6) is 0 Å². The molecule has 1 aromatic heterocycles. The van der Waals surface area contributed by atoms with Crippen molar-refractivity contribution in [2.24, 2.45) is 0 Å². The van der Waals surface area contributed by atoms with E-state index in [1.807, 2.05) is 0 Å². The molecule has 2 aromatic rings.